The maximum atomic E-state index is 6.04. The number of hydrogen-bond acceptors (Lipinski definition) is 7. The average Bonchev–Trinajstić information content (AvgIpc) is 2.87. The van der Waals surface area contributed by atoms with Gasteiger partial charge in [-0.05, 0) is 52.3 Å². The standard InChI is InChI=1S/C27H35BrN4O3/c1-4-17-33-19-16-31-12-14-32(15-13-31)20-22(3)21-35-24-8-6-23(7-9-24)29-26-11-10-25(28)27(30-26)34-18-5-2/h2,4,6-11,22H,1,12-21H2,3H3,(H,29,30). The van der Waals surface area contributed by atoms with Gasteiger partial charge < -0.3 is 24.4 Å². The lowest BCUT2D eigenvalue weighted by Crippen LogP contribution is -2.48. The monoisotopic (exact) mass is 542 g/mol. The van der Waals surface area contributed by atoms with E-state index >= 15 is 0 Å². The van der Waals surface area contributed by atoms with Crippen molar-refractivity contribution in [3.63, 3.8) is 0 Å². The van der Waals surface area contributed by atoms with Gasteiger partial charge in [0.2, 0.25) is 5.88 Å². The van der Waals surface area contributed by atoms with Crippen LogP contribution in [0.1, 0.15) is 6.92 Å². The molecule has 35 heavy (non-hydrogen) atoms. The third-order valence-corrected chi connectivity index (χ3v) is 6.19. The van der Waals surface area contributed by atoms with Crippen LogP contribution < -0.4 is 14.8 Å². The van der Waals surface area contributed by atoms with E-state index < -0.39 is 0 Å². The molecule has 2 aromatic rings. The Bertz CT molecular complexity index is 956. The summed E-state index contributed by atoms with van der Waals surface area (Å²) in [5.41, 5.74) is 0.913. The fourth-order valence-electron chi connectivity index (χ4n) is 3.77. The number of halogens is 1. The summed E-state index contributed by atoms with van der Waals surface area (Å²) < 4.78 is 17.8. The molecule has 1 aromatic heterocycles. The molecule has 7 nitrogen and oxygen atoms in total. The van der Waals surface area contributed by atoms with Crippen LogP contribution in [-0.4, -0.2) is 80.5 Å². The van der Waals surface area contributed by atoms with E-state index in [-0.39, 0.29) is 6.61 Å². The highest BCUT2D eigenvalue weighted by Crippen LogP contribution is 2.26. The van der Waals surface area contributed by atoms with E-state index in [1.165, 1.54) is 0 Å². The van der Waals surface area contributed by atoms with E-state index in [0.29, 0.717) is 30.8 Å². The Morgan fingerprint density at radius 1 is 1.14 bits per heavy atom. The second-order valence-corrected chi connectivity index (χ2v) is 9.40. The first-order valence-electron chi connectivity index (χ1n) is 11.9. The zero-order valence-corrected chi connectivity index (χ0v) is 22.0. The summed E-state index contributed by atoms with van der Waals surface area (Å²) in [6, 6.07) is 11.6. The molecule has 0 bridgehead atoms. The topological polar surface area (TPSA) is 59.1 Å². The number of benzene rings is 1. The Balaban J connectivity index is 1.37. The Morgan fingerprint density at radius 2 is 1.89 bits per heavy atom. The first-order valence-corrected chi connectivity index (χ1v) is 12.7. The molecule has 3 rings (SSSR count). The normalized spacial score (nSPS) is 15.2. The van der Waals surface area contributed by atoms with Crippen molar-refractivity contribution >= 4 is 27.4 Å². The van der Waals surface area contributed by atoms with Crippen LogP contribution >= 0.6 is 15.9 Å². The molecule has 1 aliphatic rings. The number of nitrogens with zero attached hydrogens (tertiary/aromatic N) is 3. The maximum absolute atomic E-state index is 6.04. The molecule has 1 N–H and O–H groups in total. The zero-order chi connectivity index (χ0) is 24.9. The van der Waals surface area contributed by atoms with Crippen LogP contribution in [-0.2, 0) is 4.74 Å². The van der Waals surface area contributed by atoms with Crippen molar-refractivity contribution in [1.82, 2.24) is 14.8 Å². The quantitative estimate of drug-likeness (QED) is 0.215. The van der Waals surface area contributed by atoms with Gasteiger partial charge in [0, 0.05) is 50.9 Å². The van der Waals surface area contributed by atoms with Crippen molar-refractivity contribution in [3.05, 3.63) is 53.5 Å². The van der Waals surface area contributed by atoms with E-state index in [1.54, 1.807) is 6.08 Å². The molecule has 0 spiro atoms. The van der Waals surface area contributed by atoms with Crippen molar-refractivity contribution in [1.29, 1.82) is 0 Å². The molecule has 2 heterocycles. The molecule has 0 saturated carbocycles. The van der Waals surface area contributed by atoms with Gasteiger partial charge in [0.15, 0.2) is 6.61 Å². The molecule has 0 radical (unpaired) electrons. The molecule has 1 saturated heterocycles. The molecule has 1 fully saturated rings. The predicted octanol–water partition coefficient (Wildman–Crippen LogP) is 4.43. The number of aromatic nitrogens is 1. The molecule has 1 aliphatic heterocycles. The molecule has 1 aromatic carbocycles. The van der Waals surface area contributed by atoms with E-state index in [9.17, 15) is 0 Å². The predicted molar refractivity (Wildman–Crippen MR) is 145 cm³/mol. The van der Waals surface area contributed by atoms with E-state index in [1.807, 2.05) is 36.4 Å². The summed E-state index contributed by atoms with van der Waals surface area (Å²) in [6.45, 7) is 14.6. The van der Waals surface area contributed by atoms with Crippen LogP contribution in [0.25, 0.3) is 0 Å². The molecule has 188 valence electrons. The van der Waals surface area contributed by atoms with Crippen molar-refractivity contribution in [2.45, 2.75) is 6.92 Å². The van der Waals surface area contributed by atoms with Crippen molar-refractivity contribution < 1.29 is 14.2 Å². The largest absolute Gasteiger partial charge is 0.493 e. The molecular formula is C27H35BrN4O3. The highest BCUT2D eigenvalue weighted by Gasteiger charge is 2.18. The molecule has 8 heteroatoms. The molecule has 0 amide bonds. The van der Waals surface area contributed by atoms with Crippen LogP contribution in [0.2, 0.25) is 0 Å². The fourth-order valence-corrected chi connectivity index (χ4v) is 4.11. The average molecular weight is 544 g/mol. The summed E-state index contributed by atoms with van der Waals surface area (Å²) >= 11 is 3.42. The van der Waals surface area contributed by atoms with Gasteiger partial charge in [-0.25, -0.2) is 0 Å². The first kappa shape index (κ1) is 27.0. The molecule has 1 unspecified atom stereocenters. The third kappa shape index (κ3) is 9.54. The molecule has 0 aliphatic carbocycles. The number of ether oxygens (including phenoxy) is 3. The number of nitrogens with one attached hydrogen (secondary N) is 1. The summed E-state index contributed by atoms with van der Waals surface area (Å²) in [6.07, 6.45) is 7.06. The number of anilines is 2. The Morgan fingerprint density at radius 3 is 2.60 bits per heavy atom. The Hall–Kier alpha value is -2.57. The SMILES string of the molecule is C#CCOc1nc(Nc2ccc(OCC(C)CN3CCN(CCOCC=C)CC3)cc2)ccc1Br. The van der Waals surface area contributed by atoms with Crippen LogP contribution in [0.15, 0.2) is 53.5 Å². The summed E-state index contributed by atoms with van der Waals surface area (Å²) in [5.74, 6) is 4.88. The van der Waals surface area contributed by atoms with Gasteiger partial charge in [-0.3, -0.25) is 4.90 Å². The highest BCUT2D eigenvalue weighted by molar-refractivity contribution is 9.10. The van der Waals surface area contributed by atoms with E-state index in [4.69, 9.17) is 20.6 Å². The van der Waals surface area contributed by atoms with Gasteiger partial charge in [-0.1, -0.05) is 18.9 Å². The number of piperazine rings is 1. The summed E-state index contributed by atoms with van der Waals surface area (Å²) in [4.78, 5) is 9.43. The molecular weight excluding hydrogens is 508 g/mol. The van der Waals surface area contributed by atoms with Gasteiger partial charge >= 0.3 is 0 Å². The third-order valence-electron chi connectivity index (χ3n) is 5.59. The minimum absolute atomic E-state index is 0.168. The second kappa shape index (κ2) is 14.7. The smallest absolute Gasteiger partial charge is 0.230 e. The second-order valence-electron chi connectivity index (χ2n) is 8.55. The first-order chi connectivity index (χ1) is 17.1. The van der Waals surface area contributed by atoms with Crippen LogP contribution in [0.4, 0.5) is 11.5 Å². The Labute approximate surface area is 217 Å². The van der Waals surface area contributed by atoms with Crippen LogP contribution in [0.5, 0.6) is 11.6 Å². The molecule has 1 atom stereocenters. The van der Waals surface area contributed by atoms with Crippen molar-refractivity contribution in [2.75, 3.05) is 71.0 Å². The van der Waals surface area contributed by atoms with Gasteiger partial charge in [0.05, 0.1) is 24.3 Å². The Kier molecular flexibility index (Phi) is 11.4. The van der Waals surface area contributed by atoms with E-state index in [0.717, 1.165) is 61.8 Å². The zero-order valence-electron chi connectivity index (χ0n) is 20.4. The number of rotatable bonds is 14. The number of pyridine rings is 1. The number of terminal acetylenes is 1. The van der Waals surface area contributed by atoms with Gasteiger partial charge in [-0.2, -0.15) is 4.98 Å². The minimum Gasteiger partial charge on any atom is -0.493 e. The van der Waals surface area contributed by atoms with Crippen LogP contribution in [0, 0.1) is 18.3 Å². The summed E-state index contributed by atoms with van der Waals surface area (Å²) in [5, 5.41) is 3.27. The highest BCUT2D eigenvalue weighted by atomic mass is 79.9. The number of hydrogen-bond donors (Lipinski definition) is 1. The van der Waals surface area contributed by atoms with E-state index in [2.05, 4.69) is 55.5 Å². The lowest BCUT2D eigenvalue weighted by atomic mass is 10.1. The van der Waals surface area contributed by atoms with Gasteiger partial charge in [0.25, 0.3) is 0 Å². The minimum atomic E-state index is 0.168. The lowest BCUT2D eigenvalue weighted by molar-refractivity contribution is 0.0768. The van der Waals surface area contributed by atoms with Crippen molar-refractivity contribution in [2.24, 2.45) is 5.92 Å². The van der Waals surface area contributed by atoms with Crippen LogP contribution in [0.3, 0.4) is 0 Å². The van der Waals surface area contributed by atoms with Crippen molar-refractivity contribution in [3.8, 4) is 24.0 Å². The maximum Gasteiger partial charge on any atom is 0.230 e. The van der Waals surface area contributed by atoms with Gasteiger partial charge in [0.1, 0.15) is 11.6 Å². The lowest BCUT2D eigenvalue weighted by Gasteiger charge is -2.35. The fraction of sp³-hybridized carbons (Fsp3) is 0.444. The van der Waals surface area contributed by atoms with Gasteiger partial charge in [-0.15, -0.1) is 13.0 Å². The summed E-state index contributed by atoms with van der Waals surface area (Å²) in [7, 11) is 0.